The molecule has 1 saturated heterocycles. The standard InChI is InChI=1S/C22H29N5O2/c1-16-8-9-18(12-17(16)2)13-25-10-11-26(15-21(25)28)22(29)20-14-27(24-23-20)19-6-4-3-5-7-19/h8-9,12,14,19H,3-7,10-11,13,15H2,1-2H3. The summed E-state index contributed by atoms with van der Waals surface area (Å²) in [4.78, 5) is 28.9. The van der Waals surface area contributed by atoms with Gasteiger partial charge in [-0.2, -0.15) is 0 Å². The van der Waals surface area contributed by atoms with Gasteiger partial charge in [0.15, 0.2) is 5.69 Å². The summed E-state index contributed by atoms with van der Waals surface area (Å²) in [5.74, 6) is -0.228. The molecule has 0 unspecified atom stereocenters. The van der Waals surface area contributed by atoms with E-state index in [-0.39, 0.29) is 18.4 Å². The molecule has 0 radical (unpaired) electrons. The predicted octanol–water partition coefficient (Wildman–Crippen LogP) is 2.88. The first kappa shape index (κ1) is 19.6. The molecule has 29 heavy (non-hydrogen) atoms. The van der Waals surface area contributed by atoms with E-state index in [0.717, 1.165) is 18.4 Å². The van der Waals surface area contributed by atoms with E-state index in [1.54, 1.807) is 11.1 Å². The third-order valence-corrected chi connectivity index (χ3v) is 6.23. The molecule has 4 rings (SSSR count). The molecule has 0 bridgehead atoms. The number of aryl methyl sites for hydroxylation is 2. The van der Waals surface area contributed by atoms with Crippen LogP contribution in [0.15, 0.2) is 24.4 Å². The van der Waals surface area contributed by atoms with Crippen LogP contribution in [0.3, 0.4) is 0 Å². The third kappa shape index (κ3) is 4.33. The fourth-order valence-corrected chi connectivity index (χ4v) is 4.23. The Morgan fingerprint density at radius 2 is 1.90 bits per heavy atom. The fourth-order valence-electron chi connectivity index (χ4n) is 4.23. The first-order valence-corrected chi connectivity index (χ1v) is 10.6. The highest BCUT2D eigenvalue weighted by atomic mass is 16.2. The molecule has 154 valence electrons. The van der Waals surface area contributed by atoms with Crippen molar-refractivity contribution in [3.63, 3.8) is 0 Å². The van der Waals surface area contributed by atoms with Gasteiger partial charge in [0, 0.05) is 19.6 Å². The van der Waals surface area contributed by atoms with Gasteiger partial charge in [0.25, 0.3) is 5.91 Å². The van der Waals surface area contributed by atoms with E-state index in [0.29, 0.717) is 31.4 Å². The van der Waals surface area contributed by atoms with Gasteiger partial charge < -0.3 is 9.80 Å². The Morgan fingerprint density at radius 3 is 2.62 bits per heavy atom. The lowest BCUT2D eigenvalue weighted by Gasteiger charge is -2.34. The zero-order valence-corrected chi connectivity index (χ0v) is 17.3. The number of carbonyl (C=O) groups excluding carboxylic acids is 2. The van der Waals surface area contributed by atoms with E-state index < -0.39 is 0 Å². The Labute approximate surface area is 171 Å². The minimum atomic E-state index is -0.203. The number of aromatic nitrogens is 3. The van der Waals surface area contributed by atoms with Crippen molar-refractivity contribution in [1.82, 2.24) is 24.8 Å². The Balaban J connectivity index is 1.36. The molecule has 2 amide bonds. The number of carbonyl (C=O) groups is 2. The van der Waals surface area contributed by atoms with Crippen LogP contribution in [0.5, 0.6) is 0 Å². The minimum absolute atomic E-state index is 0.0255. The highest BCUT2D eigenvalue weighted by Gasteiger charge is 2.29. The molecule has 1 saturated carbocycles. The molecule has 0 atom stereocenters. The molecule has 7 nitrogen and oxygen atoms in total. The van der Waals surface area contributed by atoms with Gasteiger partial charge in [-0.15, -0.1) is 5.10 Å². The van der Waals surface area contributed by atoms with Crippen LogP contribution in [-0.2, 0) is 11.3 Å². The number of benzene rings is 1. The molecule has 1 aromatic carbocycles. The molecule has 1 aromatic heterocycles. The lowest BCUT2D eigenvalue weighted by atomic mass is 9.96. The van der Waals surface area contributed by atoms with Gasteiger partial charge in [-0.25, -0.2) is 4.68 Å². The Morgan fingerprint density at radius 1 is 1.10 bits per heavy atom. The van der Waals surface area contributed by atoms with Crippen LogP contribution in [0.4, 0.5) is 0 Å². The van der Waals surface area contributed by atoms with Gasteiger partial charge in [-0.3, -0.25) is 9.59 Å². The van der Waals surface area contributed by atoms with Gasteiger partial charge in [0.05, 0.1) is 12.2 Å². The summed E-state index contributed by atoms with van der Waals surface area (Å²) < 4.78 is 1.84. The highest BCUT2D eigenvalue weighted by Crippen LogP contribution is 2.27. The molecule has 1 aliphatic heterocycles. The monoisotopic (exact) mass is 395 g/mol. The molecule has 2 aromatic rings. The Hall–Kier alpha value is -2.70. The molecule has 0 spiro atoms. The summed E-state index contributed by atoms with van der Waals surface area (Å²) in [7, 11) is 0. The lowest BCUT2D eigenvalue weighted by molar-refractivity contribution is -0.135. The zero-order chi connectivity index (χ0) is 20.4. The molecule has 1 aliphatic carbocycles. The average molecular weight is 396 g/mol. The van der Waals surface area contributed by atoms with Gasteiger partial charge >= 0.3 is 0 Å². The quantitative estimate of drug-likeness (QED) is 0.798. The maximum absolute atomic E-state index is 12.8. The number of amides is 2. The second-order valence-electron chi connectivity index (χ2n) is 8.34. The van der Waals surface area contributed by atoms with Crippen molar-refractivity contribution in [3.8, 4) is 0 Å². The van der Waals surface area contributed by atoms with Crippen LogP contribution in [0.2, 0.25) is 0 Å². The van der Waals surface area contributed by atoms with E-state index in [4.69, 9.17) is 0 Å². The minimum Gasteiger partial charge on any atom is -0.335 e. The summed E-state index contributed by atoms with van der Waals surface area (Å²) >= 11 is 0. The molecule has 7 heteroatoms. The van der Waals surface area contributed by atoms with E-state index >= 15 is 0 Å². The largest absolute Gasteiger partial charge is 0.335 e. The molecular weight excluding hydrogens is 366 g/mol. The van der Waals surface area contributed by atoms with E-state index in [2.05, 4.69) is 42.4 Å². The van der Waals surface area contributed by atoms with E-state index in [1.807, 2.05) is 9.58 Å². The van der Waals surface area contributed by atoms with Crippen LogP contribution in [-0.4, -0.2) is 56.2 Å². The van der Waals surface area contributed by atoms with Crippen LogP contribution in [0.1, 0.15) is 65.3 Å². The van der Waals surface area contributed by atoms with Gasteiger partial charge in [0.1, 0.15) is 6.54 Å². The molecule has 2 heterocycles. The maximum Gasteiger partial charge on any atom is 0.276 e. The van der Waals surface area contributed by atoms with Crippen molar-refractivity contribution >= 4 is 11.8 Å². The third-order valence-electron chi connectivity index (χ3n) is 6.23. The van der Waals surface area contributed by atoms with Crippen molar-refractivity contribution in [1.29, 1.82) is 0 Å². The molecular formula is C22H29N5O2. The van der Waals surface area contributed by atoms with Gasteiger partial charge in [-0.05, 0) is 43.4 Å². The van der Waals surface area contributed by atoms with Gasteiger partial charge in [-0.1, -0.05) is 42.7 Å². The first-order valence-electron chi connectivity index (χ1n) is 10.6. The lowest BCUT2D eigenvalue weighted by Crippen LogP contribution is -2.51. The maximum atomic E-state index is 12.8. The predicted molar refractivity (Wildman–Crippen MR) is 109 cm³/mol. The van der Waals surface area contributed by atoms with Crippen molar-refractivity contribution in [2.24, 2.45) is 0 Å². The van der Waals surface area contributed by atoms with Crippen molar-refractivity contribution < 1.29 is 9.59 Å². The number of rotatable bonds is 4. The van der Waals surface area contributed by atoms with E-state index in [1.165, 1.54) is 30.4 Å². The zero-order valence-electron chi connectivity index (χ0n) is 17.3. The number of nitrogens with zero attached hydrogens (tertiary/aromatic N) is 5. The summed E-state index contributed by atoms with van der Waals surface area (Å²) in [6.45, 7) is 5.90. The van der Waals surface area contributed by atoms with Crippen LogP contribution in [0, 0.1) is 13.8 Å². The highest BCUT2D eigenvalue weighted by molar-refractivity contribution is 5.95. The van der Waals surface area contributed by atoms with Gasteiger partial charge in [0.2, 0.25) is 5.91 Å². The summed E-state index contributed by atoms with van der Waals surface area (Å²) in [5.41, 5.74) is 3.93. The van der Waals surface area contributed by atoms with Crippen molar-refractivity contribution in [2.45, 2.75) is 58.5 Å². The van der Waals surface area contributed by atoms with Crippen molar-refractivity contribution in [3.05, 3.63) is 46.8 Å². The van der Waals surface area contributed by atoms with Crippen LogP contribution >= 0.6 is 0 Å². The average Bonchev–Trinajstić information content (AvgIpc) is 3.22. The molecule has 2 aliphatic rings. The first-order chi connectivity index (χ1) is 14.0. The topological polar surface area (TPSA) is 71.3 Å². The van der Waals surface area contributed by atoms with E-state index in [9.17, 15) is 9.59 Å². The van der Waals surface area contributed by atoms with Crippen molar-refractivity contribution in [2.75, 3.05) is 19.6 Å². The Bertz CT molecular complexity index is 900. The number of hydrogen-bond donors (Lipinski definition) is 0. The SMILES string of the molecule is Cc1ccc(CN2CCN(C(=O)c3cn(C4CCCCC4)nn3)CC2=O)cc1C. The smallest absolute Gasteiger partial charge is 0.276 e. The molecule has 2 fully saturated rings. The normalized spacial score (nSPS) is 18.3. The summed E-state index contributed by atoms with van der Waals surface area (Å²) in [6, 6.07) is 6.62. The molecule has 0 N–H and O–H groups in total. The fraction of sp³-hybridized carbons (Fsp3) is 0.545. The number of hydrogen-bond acceptors (Lipinski definition) is 4. The number of piperazine rings is 1. The summed E-state index contributed by atoms with van der Waals surface area (Å²) in [6.07, 6.45) is 7.60. The van der Waals surface area contributed by atoms with Crippen LogP contribution in [0.25, 0.3) is 0 Å². The Kier molecular flexibility index (Phi) is 5.65. The second kappa shape index (κ2) is 8.35. The second-order valence-corrected chi connectivity index (χ2v) is 8.34. The summed E-state index contributed by atoms with van der Waals surface area (Å²) in [5, 5.41) is 8.28. The van der Waals surface area contributed by atoms with Crippen LogP contribution < -0.4 is 0 Å².